The molecule has 0 aliphatic carbocycles. The van der Waals surface area contributed by atoms with Crippen molar-refractivity contribution in [2.24, 2.45) is 0 Å². The molecule has 0 saturated heterocycles. The van der Waals surface area contributed by atoms with Gasteiger partial charge in [0.25, 0.3) is 5.88 Å². The van der Waals surface area contributed by atoms with Gasteiger partial charge in [0.2, 0.25) is 0 Å². The number of pyridine rings is 1. The highest BCUT2D eigenvalue weighted by Crippen LogP contribution is 2.29. The summed E-state index contributed by atoms with van der Waals surface area (Å²) in [6, 6.07) is 4.15. The first-order valence-electron chi connectivity index (χ1n) is 5.98. The van der Waals surface area contributed by atoms with Crippen LogP contribution in [0.15, 0.2) is 12.1 Å². The Balaban J connectivity index is 2.67. The lowest BCUT2D eigenvalue weighted by atomic mass is 10.1. The van der Waals surface area contributed by atoms with Gasteiger partial charge in [-0.3, -0.25) is 0 Å². The van der Waals surface area contributed by atoms with Crippen molar-refractivity contribution in [2.75, 3.05) is 5.73 Å². The van der Waals surface area contributed by atoms with E-state index in [0.717, 1.165) is 17.6 Å². The van der Waals surface area contributed by atoms with Gasteiger partial charge in [0.1, 0.15) is 5.69 Å². The van der Waals surface area contributed by atoms with Gasteiger partial charge in [0, 0.05) is 5.69 Å². The Bertz CT molecular complexity index is 543. The summed E-state index contributed by atoms with van der Waals surface area (Å²) < 4.78 is 7.49. The van der Waals surface area contributed by atoms with Gasteiger partial charge in [-0.1, -0.05) is 13.0 Å². The van der Waals surface area contributed by atoms with E-state index in [1.54, 1.807) is 0 Å². The molecule has 0 bridgehead atoms. The molecule has 0 aromatic carbocycles. The molecule has 0 aliphatic rings. The van der Waals surface area contributed by atoms with E-state index >= 15 is 0 Å². The number of aryl methyl sites for hydroxylation is 2. The topological polar surface area (TPSA) is 52.5 Å². The molecule has 4 heteroatoms. The molecule has 0 unspecified atom stereocenters. The zero-order chi connectivity index (χ0) is 12.6. The van der Waals surface area contributed by atoms with Gasteiger partial charge >= 0.3 is 0 Å². The normalized spacial score (nSPS) is 11.4. The lowest BCUT2D eigenvalue weighted by Crippen LogP contribution is -2.07. The van der Waals surface area contributed by atoms with E-state index in [-0.39, 0.29) is 6.10 Å². The zero-order valence-electron chi connectivity index (χ0n) is 10.8. The average molecular weight is 233 g/mol. The van der Waals surface area contributed by atoms with E-state index < -0.39 is 0 Å². The SMILES string of the molecule is CCc1ccc(C)n2nc(OC(C)C)c(N)c12. The van der Waals surface area contributed by atoms with Gasteiger partial charge in [-0.25, -0.2) is 4.52 Å². The second-order valence-electron chi connectivity index (χ2n) is 4.50. The Labute approximate surface area is 101 Å². The molecule has 0 radical (unpaired) electrons. The fourth-order valence-electron chi connectivity index (χ4n) is 1.94. The largest absolute Gasteiger partial charge is 0.472 e. The molecule has 4 nitrogen and oxygen atoms in total. The lowest BCUT2D eigenvalue weighted by molar-refractivity contribution is 0.233. The second-order valence-corrected chi connectivity index (χ2v) is 4.50. The number of nitrogen functional groups attached to an aromatic ring is 1. The maximum absolute atomic E-state index is 6.12. The number of hydrogen-bond donors (Lipinski definition) is 1. The summed E-state index contributed by atoms with van der Waals surface area (Å²) in [5, 5.41) is 4.43. The van der Waals surface area contributed by atoms with E-state index in [1.807, 2.05) is 25.3 Å². The molecule has 2 aromatic heterocycles. The van der Waals surface area contributed by atoms with Crippen molar-refractivity contribution in [1.29, 1.82) is 0 Å². The third-order valence-electron chi connectivity index (χ3n) is 2.78. The molecule has 17 heavy (non-hydrogen) atoms. The van der Waals surface area contributed by atoms with Crippen LogP contribution in [0.2, 0.25) is 0 Å². The van der Waals surface area contributed by atoms with Crippen LogP contribution in [-0.4, -0.2) is 15.7 Å². The minimum Gasteiger partial charge on any atom is -0.472 e. The summed E-state index contributed by atoms with van der Waals surface area (Å²) in [6.07, 6.45) is 1.01. The fourth-order valence-corrected chi connectivity index (χ4v) is 1.94. The molecular weight excluding hydrogens is 214 g/mol. The minimum atomic E-state index is 0.0765. The third-order valence-corrected chi connectivity index (χ3v) is 2.78. The first kappa shape index (κ1) is 11.8. The Morgan fingerprint density at radius 1 is 1.41 bits per heavy atom. The van der Waals surface area contributed by atoms with Crippen LogP contribution in [0.4, 0.5) is 5.69 Å². The van der Waals surface area contributed by atoms with E-state index in [4.69, 9.17) is 10.5 Å². The molecule has 0 fully saturated rings. The van der Waals surface area contributed by atoms with Gasteiger partial charge in [-0.15, -0.1) is 5.10 Å². The number of anilines is 1. The van der Waals surface area contributed by atoms with E-state index in [1.165, 1.54) is 5.56 Å². The summed E-state index contributed by atoms with van der Waals surface area (Å²) in [4.78, 5) is 0. The predicted molar refractivity (Wildman–Crippen MR) is 69.5 cm³/mol. The first-order chi connectivity index (χ1) is 8.04. The molecule has 2 heterocycles. The predicted octanol–water partition coefficient (Wildman–Crippen LogP) is 2.57. The van der Waals surface area contributed by atoms with Gasteiger partial charge in [0.05, 0.1) is 11.6 Å². The maximum atomic E-state index is 6.12. The second kappa shape index (κ2) is 4.28. The Kier molecular flexibility index (Phi) is 2.96. The molecule has 0 spiro atoms. The van der Waals surface area contributed by atoms with Crippen LogP contribution in [0.1, 0.15) is 32.0 Å². The molecule has 0 atom stereocenters. The van der Waals surface area contributed by atoms with Crippen LogP contribution < -0.4 is 10.5 Å². The quantitative estimate of drug-likeness (QED) is 0.886. The highest BCUT2D eigenvalue weighted by atomic mass is 16.5. The van der Waals surface area contributed by atoms with Crippen LogP contribution >= 0.6 is 0 Å². The van der Waals surface area contributed by atoms with Crippen molar-refractivity contribution < 1.29 is 4.74 Å². The summed E-state index contributed by atoms with van der Waals surface area (Å²) in [7, 11) is 0. The summed E-state index contributed by atoms with van der Waals surface area (Å²) in [5.74, 6) is 0.531. The Hall–Kier alpha value is -1.71. The third kappa shape index (κ3) is 1.95. The number of ether oxygens (including phenoxy) is 1. The van der Waals surface area contributed by atoms with Crippen molar-refractivity contribution in [3.05, 3.63) is 23.4 Å². The number of fused-ring (bicyclic) bond motifs is 1. The molecule has 2 rings (SSSR count). The Morgan fingerprint density at radius 3 is 2.71 bits per heavy atom. The van der Waals surface area contributed by atoms with Crippen LogP contribution in [0.25, 0.3) is 5.52 Å². The summed E-state index contributed by atoms with van der Waals surface area (Å²) in [6.45, 7) is 8.06. The fraction of sp³-hybridized carbons (Fsp3) is 0.462. The molecule has 0 saturated carbocycles. The van der Waals surface area contributed by atoms with Crippen molar-refractivity contribution in [3.8, 4) is 5.88 Å². The number of nitrogens with two attached hydrogens (primary N) is 1. The van der Waals surface area contributed by atoms with Crippen LogP contribution in [-0.2, 0) is 6.42 Å². The lowest BCUT2D eigenvalue weighted by Gasteiger charge is -2.06. The highest BCUT2D eigenvalue weighted by Gasteiger charge is 2.15. The number of nitrogens with zero attached hydrogens (tertiary/aromatic N) is 2. The molecule has 2 aromatic rings. The van der Waals surface area contributed by atoms with Crippen LogP contribution in [0.3, 0.4) is 0 Å². The van der Waals surface area contributed by atoms with E-state index in [9.17, 15) is 0 Å². The van der Waals surface area contributed by atoms with Gasteiger partial charge in [-0.05, 0) is 38.8 Å². The summed E-state index contributed by atoms with van der Waals surface area (Å²) in [5.41, 5.74) is 9.99. The molecule has 0 amide bonds. The Morgan fingerprint density at radius 2 is 2.12 bits per heavy atom. The van der Waals surface area contributed by atoms with Crippen molar-refractivity contribution >= 4 is 11.2 Å². The summed E-state index contributed by atoms with van der Waals surface area (Å²) >= 11 is 0. The van der Waals surface area contributed by atoms with Crippen molar-refractivity contribution in [1.82, 2.24) is 9.61 Å². The van der Waals surface area contributed by atoms with E-state index in [0.29, 0.717) is 11.6 Å². The standard InChI is InChI=1S/C13H19N3O/c1-5-10-7-6-9(4)16-12(10)11(14)13(15-16)17-8(2)3/h6-8H,5,14H2,1-4H3. The number of aromatic nitrogens is 2. The van der Waals surface area contributed by atoms with Crippen LogP contribution in [0, 0.1) is 6.92 Å². The highest BCUT2D eigenvalue weighted by molar-refractivity contribution is 5.78. The number of hydrogen-bond acceptors (Lipinski definition) is 3. The number of rotatable bonds is 3. The van der Waals surface area contributed by atoms with Crippen molar-refractivity contribution in [2.45, 2.75) is 40.2 Å². The maximum Gasteiger partial charge on any atom is 0.257 e. The molecule has 92 valence electrons. The molecule has 0 aliphatic heterocycles. The van der Waals surface area contributed by atoms with Crippen LogP contribution in [0.5, 0.6) is 5.88 Å². The molecular formula is C13H19N3O. The smallest absolute Gasteiger partial charge is 0.257 e. The minimum absolute atomic E-state index is 0.0765. The van der Waals surface area contributed by atoms with Gasteiger partial charge in [0.15, 0.2) is 0 Å². The van der Waals surface area contributed by atoms with Gasteiger partial charge < -0.3 is 10.5 Å². The average Bonchev–Trinajstić information content (AvgIpc) is 2.58. The first-order valence-corrected chi connectivity index (χ1v) is 5.98. The molecule has 2 N–H and O–H groups in total. The monoisotopic (exact) mass is 233 g/mol. The van der Waals surface area contributed by atoms with Gasteiger partial charge in [-0.2, -0.15) is 0 Å². The zero-order valence-corrected chi connectivity index (χ0v) is 10.8. The van der Waals surface area contributed by atoms with Crippen molar-refractivity contribution in [3.63, 3.8) is 0 Å². The van der Waals surface area contributed by atoms with E-state index in [2.05, 4.69) is 24.2 Å².